The zero-order valence-corrected chi connectivity index (χ0v) is 13.5. The van der Waals surface area contributed by atoms with Gasteiger partial charge in [-0.1, -0.05) is 31.5 Å². The van der Waals surface area contributed by atoms with Crippen molar-refractivity contribution >= 4 is 0 Å². The van der Waals surface area contributed by atoms with E-state index in [1.54, 1.807) is 0 Å². The molecule has 0 fully saturated rings. The minimum atomic E-state index is 0.579. The Labute approximate surface area is 119 Å². The second-order valence-electron chi connectivity index (χ2n) is 6.04. The van der Waals surface area contributed by atoms with Gasteiger partial charge in [0.1, 0.15) is 0 Å². The van der Waals surface area contributed by atoms with Crippen LogP contribution in [0.2, 0.25) is 0 Å². The topological polar surface area (TPSA) is 15.3 Å². The highest BCUT2D eigenvalue weighted by atomic mass is 15.1. The Morgan fingerprint density at radius 2 is 1.63 bits per heavy atom. The number of rotatable bonds is 7. The lowest BCUT2D eigenvalue weighted by molar-refractivity contribution is 0.330. The van der Waals surface area contributed by atoms with Gasteiger partial charge in [0.25, 0.3) is 0 Å². The average Bonchev–Trinajstić information content (AvgIpc) is 2.26. The molecule has 0 heterocycles. The third-order valence-corrected chi connectivity index (χ3v) is 3.63. The van der Waals surface area contributed by atoms with Crippen LogP contribution in [0, 0.1) is 20.8 Å². The molecule has 2 nitrogen and oxygen atoms in total. The molecule has 0 bridgehead atoms. The highest BCUT2D eigenvalue weighted by Crippen LogP contribution is 2.17. The van der Waals surface area contributed by atoms with E-state index in [4.69, 9.17) is 0 Å². The maximum absolute atomic E-state index is 3.46. The number of hydrogen-bond donors (Lipinski definition) is 1. The molecule has 1 rings (SSSR count). The summed E-state index contributed by atoms with van der Waals surface area (Å²) in [4.78, 5) is 2.41. The van der Waals surface area contributed by atoms with Gasteiger partial charge < -0.3 is 10.2 Å². The summed E-state index contributed by atoms with van der Waals surface area (Å²) in [5.41, 5.74) is 5.76. The second-order valence-corrected chi connectivity index (χ2v) is 6.04. The Hall–Kier alpha value is -0.860. The maximum atomic E-state index is 3.46. The largest absolute Gasteiger partial charge is 0.313 e. The second kappa shape index (κ2) is 7.66. The molecule has 0 aromatic heterocycles. The van der Waals surface area contributed by atoms with E-state index in [1.807, 2.05) is 0 Å². The molecule has 0 amide bonds. The Morgan fingerprint density at radius 1 is 1.05 bits per heavy atom. The summed E-state index contributed by atoms with van der Waals surface area (Å²) in [5.74, 6) is 0. The Morgan fingerprint density at radius 3 is 2.16 bits per heavy atom. The fourth-order valence-electron chi connectivity index (χ4n) is 2.56. The van der Waals surface area contributed by atoms with Crippen molar-refractivity contribution in [2.45, 2.75) is 47.1 Å². The number of benzene rings is 1. The average molecular weight is 262 g/mol. The molecule has 0 aliphatic carbocycles. The Balaban J connectivity index is 2.44. The van der Waals surface area contributed by atoms with Crippen LogP contribution in [0.1, 0.15) is 36.1 Å². The van der Waals surface area contributed by atoms with Crippen LogP contribution in [0.25, 0.3) is 0 Å². The first-order chi connectivity index (χ1) is 8.90. The van der Waals surface area contributed by atoms with Crippen molar-refractivity contribution in [2.24, 2.45) is 0 Å². The van der Waals surface area contributed by atoms with E-state index >= 15 is 0 Å². The molecule has 108 valence electrons. The van der Waals surface area contributed by atoms with Crippen molar-refractivity contribution in [2.75, 3.05) is 26.7 Å². The monoisotopic (exact) mass is 262 g/mol. The minimum absolute atomic E-state index is 0.579. The standard InChI is InChI=1S/C17H30N2/c1-13(2)18-8-10-19(6)9-7-17-15(4)11-14(3)12-16(17)5/h11-13,18H,7-10H2,1-6H3. The van der Waals surface area contributed by atoms with Gasteiger partial charge in [0.2, 0.25) is 0 Å². The predicted molar refractivity (Wildman–Crippen MR) is 85.0 cm³/mol. The zero-order chi connectivity index (χ0) is 14.4. The van der Waals surface area contributed by atoms with Crippen LogP contribution in [0.4, 0.5) is 0 Å². The van der Waals surface area contributed by atoms with E-state index in [-0.39, 0.29) is 0 Å². The third kappa shape index (κ3) is 5.75. The molecular formula is C17H30N2. The molecule has 1 aromatic rings. The molecule has 0 atom stereocenters. The Kier molecular flexibility index (Phi) is 6.53. The smallest absolute Gasteiger partial charge is 0.0104 e. The molecular weight excluding hydrogens is 232 g/mol. The Bertz CT molecular complexity index is 373. The molecule has 19 heavy (non-hydrogen) atoms. The van der Waals surface area contributed by atoms with E-state index in [1.165, 1.54) is 22.3 Å². The van der Waals surface area contributed by atoms with Gasteiger partial charge in [0.05, 0.1) is 0 Å². The van der Waals surface area contributed by atoms with Crippen LogP contribution in [-0.2, 0) is 6.42 Å². The van der Waals surface area contributed by atoms with E-state index in [9.17, 15) is 0 Å². The molecule has 1 N–H and O–H groups in total. The van der Waals surface area contributed by atoms with Crippen LogP contribution in [-0.4, -0.2) is 37.6 Å². The molecule has 0 saturated carbocycles. The van der Waals surface area contributed by atoms with E-state index in [0.717, 1.165) is 26.1 Å². The van der Waals surface area contributed by atoms with Gasteiger partial charge in [-0.2, -0.15) is 0 Å². The van der Waals surface area contributed by atoms with Gasteiger partial charge in [-0.15, -0.1) is 0 Å². The summed E-state index contributed by atoms with van der Waals surface area (Å²) in [6.07, 6.45) is 1.15. The van der Waals surface area contributed by atoms with Gasteiger partial charge in [0.15, 0.2) is 0 Å². The lowest BCUT2D eigenvalue weighted by Crippen LogP contribution is -2.33. The van der Waals surface area contributed by atoms with Crippen molar-refractivity contribution in [3.63, 3.8) is 0 Å². The molecule has 0 aliphatic heterocycles. The fourth-order valence-corrected chi connectivity index (χ4v) is 2.56. The number of hydrogen-bond acceptors (Lipinski definition) is 2. The maximum Gasteiger partial charge on any atom is 0.0104 e. The summed E-state index contributed by atoms with van der Waals surface area (Å²) >= 11 is 0. The molecule has 0 saturated heterocycles. The van der Waals surface area contributed by atoms with Gasteiger partial charge in [0, 0.05) is 25.7 Å². The molecule has 0 radical (unpaired) electrons. The zero-order valence-electron chi connectivity index (χ0n) is 13.5. The predicted octanol–water partition coefficient (Wildman–Crippen LogP) is 3.08. The lowest BCUT2D eigenvalue weighted by atomic mass is 9.97. The molecule has 0 aliphatic rings. The molecule has 1 aromatic carbocycles. The lowest BCUT2D eigenvalue weighted by Gasteiger charge is -2.19. The van der Waals surface area contributed by atoms with Crippen molar-refractivity contribution in [3.8, 4) is 0 Å². The first-order valence-electron chi connectivity index (χ1n) is 7.38. The molecule has 2 heteroatoms. The number of nitrogens with one attached hydrogen (secondary N) is 1. The van der Waals surface area contributed by atoms with Crippen LogP contribution in [0.3, 0.4) is 0 Å². The molecule has 0 spiro atoms. The third-order valence-electron chi connectivity index (χ3n) is 3.63. The summed E-state index contributed by atoms with van der Waals surface area (Å²) in [7, 11) is 2.21. The van der Waals surface area contributed by atoms with Crippen molar-refractivity contribution in [1.29, 1.82) is 0 Å². The van der Waals surface area contributed by atoms with Crippen molar-refractivity contribution in [3.05, 3.63) is 34.4 Å². The number of likely N-dealkylation sites (N-methyl/N-ethyl adjacent to an activating group) is 1. The van der Waals surface area contributed by atoms with Crippen molar-refractivity contribution < 1.29 is 0 Å². The minimum Gasteiger partial charge on any atom is -0.313 e. The van der Waals surface area contributed by atoms with Crippen molar-refractivity contribution in [1.82, 2.24) is 10.2 Å². The van der Waals surface area contributed by atoms with Gasteiger partial charge in [-0.05, 0) is 50.9 Å². The van der Waals surface area contributed by atoms with E-state index in [0.29, 0.717) is 6.04 Å². The van der Waals surface area contributed by atoms with E-state index in [2.05, 4.69) is 64.0 Å². The quantitative estimate of drug-likeness (QED) is 0.812. The summed E-state index contributed by atoms with van der Waals surface area (Å²) < 4.78 is 0. The molecule has 0 unspecified atom stereocenters. The van der Waals surface area contributed by atoms with Crippen LogP contribution < -0.4 is 5.32 Å². The number of nitrogens with zero attached hydrogens (tertiary/aromatic N) is 1. The van der Waals surface area contributed by atoms with Crippen LogP contribution >= 0.6 is 0 Å². The number of aryl methyl sites for hydroxylation is 3. The normalized spacial score (nSPS) is 11.6. The summed E-state index contributed by atoms with van der Waals surface area (Å²) in [6, 6.07) is 5.17. The fraction of sp³-hybridized carbons (Fsp3) is 0.647. The first-order valence-corrected chi connectivity index (χ1v) is 7.38. The summed E-state index contributed by atoms with van der Waals surface area (Å²) in [5, 5.41) is 3.46. The van der Waals surface area contributed by atoms with Crippen LogP contribution in [0.5, 0.6) is 0 Å². The SMILES string of the molecule is Cc1cc(C)c(CCN(C)CCNC(C)C)c(C)c1. The highest BCUT2D eigenvalue weighted by molar-refractivity contribution is 5.37. The van der Waals surface area contributed by atoms with Gasteiger partial charge >= 0.3 is 0 Å². The van der Waals surface area contributed by atoms with Gasteiger partial charge in [-0.3, -0.25) is 0 Å². The first kappa shape index (κ1) is 16.2. The summed E-state index contributed by atoms with van der Waals surface area (Å²) in [6.45, 7) is 14.3. The highest BCUT2D eigenvalue weighted by Gasteiger charge is 2.06. The van der Waals surface area contributed by atoms with E-state index < -0.39 is 0 Å². The van der Waals surface area contributed by atoms with Crippen LogP contribution in [0.15, 0.2) is 12.1 Å². The van der Waals surface area contributed by atoms with Gasteiger partial charge in [-0.25, -0.2) is 0 Å².